The summed E-state index contributed by atoms with van der Waals surface area (Å²) >= 11 is 2.20. The van der Waals surface area contributed by atoms with Gasteiger partial charge in [-0.25, -0.2) is 4.79 Å². The Morgan fingerprint density at radius 1 is 1.21 bits per heavy atom. The second kappa shape index (κ2) is 5.83. The Bertz CT molecular complexity index is 653. The van der Waals surface area contributed by atoms with Crippen molar-refractivity contribution in [3.8, 4) is 5.75 Å². The molecular weight excluding hydrogens is 357 g/mol. The summed E-state index contributed by atoms with van der Waals surface area (Å²) in [4.78, 5) is 15.1. The molecule has 96 valence electrons. The van der Waals surface area contributed by atoms with Crippen LogP contribution in [0.3, 0.4) is 0 Å². The van der Waals surface area contributed by atoms with Crippen molar-refractivity contribution in [3.63, 3.8) is 0 Å². The van der Waals surface area contributed by atoms with Gasteiger partial charge < -0.3 is 10.2 Å². The molecule has 0 heterocycles. The van der Waals surface area contributed by atoms with Crippen molar-refractivity contribution in [2.45, 2.75) is 0 Å². The molecule has 19 heavy (non-hydrogen) atoms. The summed E-state index contributed by atoms with van der Waals surface area (Å²) in [6, 6.07) is 11.9. The predicted octanol–water partition coefficient (Wildman–Crippen LogP) is 3.45. The van der Waals surface area contributed by atoms with Gasteiger partial charge in [-0.1, -0.05) is 18.2 Å². The van der Waals surface area contributed by atoms with E-state index in [4.69, 9.17) is 5.11 Å². The van der Waals surface area contributed by atoms with Crippen LogP contribution in [0.25, 0.3) is 0 Å². The summed E-state index contributed by atoms with van der Waals surface area (Å²) in [5, 5.41) is 18.3. The molecule has 0 amide bonds. The minimum absolute atomic E-state index is 0.155. The zero-order chi connectivity index (χ0) is 13.8. The average Bonchev–Trinajstić information content (AvgIpc) is 2.39. The number of hydrogen-bond acceptors (Lipinski definition) is 3. The van der Waals surface area contributed by atoms with Gasteiger partial charge in [-0.05, 0) is 46.9 Å². The fourth-order valence-corrected chi connectivity index (χ4v) is 2.03. The van der Waals surface area contributed by atoms with Gasteiger partial charge in [0.1, 0.15) is 11.3 Å². The van der Waals surface area contributed by atoms with Gasteiger partial charge in [-0.3, -0.25) is 4.99 Å². The Morgan fingerprint density at radius 2 is 1.95 bits per heavy atom. The number of carboxylic acid groups (broad SMARTS) is 1. The number of aliphatic imine (C=N–C) groups is 1. The van der Waals surface area contributed by atoms with E-state index < -0.39 is 5.97 Å². The first-order valence-corrected chi connectivity index (χ1v) is 6.50. The summed E-state index contributed by atoms with van der Waals surface area (Å²) < 4.78 is 1.06. The van der Waals surface area contributed by atoms with Gasteiger partial charge in [0.2, 0.25) is 0 Å². The number of hydrogen-bond donors (Lipinski definition) is 2. The van der Waals surface area contributed by atoms with Gasteiger partial charge in [-0.15, -0.1) is 0 Å². The molecule has 0 aromatic heterocycles. The normalized spacial score (nSPS) is 10.8. The van der Waals surface area contributed by atoms with Crippen LogP contribution in [0.1, 0.15) is 15.9 Å². The quantitative estimate of drug-likeness (QED) is 0.645. The van der Waals surface area contributed by atoms with Crippen LogP contribution in [0.4, 0.5) is 5.69 Å². The first-order valence-electron chi connectivity index (χ1n) is 5.43. The summed E-state index contributed by atoms with van der Waals surface area (Å²) in [5.41, 5.74) is 1.28. The van der Waals surface area contributed by atoms with Gasteiger partial charge in [0.15, 0.2) is 0 Å². The van der Waals surface area contributed by atoms with Crippen LogP contribution in [0.2, 0.25) is 0 Å². The van der Waals surface area contributed by atoms with Crippen molar-refractivity contribution in [2.24, 2.45) is 4.99 Å². The van der Waals surface area contributed by atoms with E-state index in [1.165, 1.54) is 12.1 Å². The van der Waals surface area contributed by atoms with Gasteiger partial charge >= 0.3 is 5.97 Å². The molecule has 0 saturated carbocycles. The number of halogens is 1. The van der Waals surface area contributed by atoms with E-state index in [1.54, 1.807) is 12.3 Å². The molecule has 0 saturated heterocycles. The van der Waals surface area contributed by atoms with Crippen LogP contribution in [0.15, 0.2) is 47.5 Å². The van der Waals surface area contributed by atoms with Crippen molar-refractivity contribution in [2.75, 3.05) is 0 Å². The molecule has 0 spiro atoms. The molecule has 0 aliphatic rings. The second-order valence-corrected chi connectivity index (χ2v) is 4.95. The van der Waals surface area contributed by atoms with E-state index >= 15 is 0 Å². The molecule has 4 nitrogen and oxygen atoms in total. The number of nitrogens with zero attached hydrogens (tertiary/aromatic N) is 1. The number of phenols is 1. The smallest absolute Gasteiger partial charge is 0.339 e. The fraction of sp³-hybridized carbons (Fsp3) is 0. The summed E-state index contributed by atoms with van der Waals surface area (Å²) in [6.07, 6.45) is 1.67. The van der Waals surface area contributed by atoms with Gasteiger partial charge in [0.05, 0.1) is 5.69 Å². The van der Waals surface area contributed by atoms with Crippen molar-refractivity contribution in [3.05, 3.63) is 57.2 Å². The maximum atomic E-state index is 10.9. The lowest BCUT2D eigenvalue weighted by atomic mass is 10.2. The number of benzene rings is 2. The SMILES string of the molecule is O=C(O)c1cc(N=Cc2ccccc2I)ccc1O. The second-order valence-electron chi connectivity index (χ2n) is 3.79. The Hall–Kier alpha value is -1.89. The van der Waals surface area contributed by atoms with Crippen molar-refractivity contribution in [1.82, 2.24) is 0 Å². The highest BCUT2D eigenvalue weighted by atomic mass is 127. The molecule has 2 rings (SSSR count). The number of aromatic carboxylic acids is 1. The lowest BCUT2D eigenvalue weighted by molar-refractivity contribution is 0.0694. The van der Waals surface area contributed by atoms with Crippen LogP contribution < -0.4 is 0 Å². The molecule has 0 atom stereocenters. The predicted molar refractivity (Wildman–Crippen MR) is 81.5 cm³/mol. The van der Waals surface area contributed by atoms with E-state index in [-0.39, 0.29) is 11.3 Å². The highest BCUT2D eigenvalue weighted by Gasteiger charge is 2.09. The molecule has 0 fully saturated rings. The topological polar surface area (TPSA) is 69.9 Å². The van der Waals surface area contributed by atoms with Gasteiger partial charge in [0.25, 0.3) is 0 Å². The molecule has 0 aliphatic carbocycles. The summed E-state index contributed by atoms with van der Waals surface area (Å²) in [5.74, 6) is -1.44. The summed E-state index contributed by atoms with van der Waals surface area (Å²) in [7, 11) is 0. The molecule has 0 unspecified atom stereocenters. The third kappa shape index (κ3) is 3.31. The minimum atomic E-state index is -1.18. The van der Waals surface area contributed by atoms with Crippen molar-refractivity contribution in [1.29, 1.82) is 0 Å². The highest BCUT2D eigenvalue weighted by molar-refractivity contribution is 14.1. The number of rotatable bonds is 3. The molecule has 5 heteroatoms. The van der Waals surface area contributed by atoms with E-state index in [2.05, 4.69) is 27.6 Å². The molecule has 2 aromatic carbocycles. The Labute approximate surface area is 123 Å². The Balaban J connectivity index is 2.32. The molecule has 0 radical (unpaired) electrons. The lowest BCUT2D eigenvalue weighted by Crippen LogP contribution is -1.96. The zero-order valence-corrected chi connectivity index (χ0v) is 11.9. The van der Waals surface area contributed by atoms with E-state index in [0.29, 0.717) is 5.69 Å². The van der Waals surface area contributed by atoms with Crippen LogP contribution in [-0.2, 0) is 0 Å². The van der Waals surface area contributed by atoms with Crippen LogP contribution >= 0.6 is 22.6 Å². The van der Waals surface area contributed by atoms with Crippen molar-refractivity contribution < 1.29 is 15.0 Å². The maximum Gasteiger partial charge on any atom is 0.339 e. The van der Waals surface area contributed by atoms with Gasteiger partial charge in [-0.2, -0.15) is 0 Å². The zero-order valence-electron chi connectivity index (χ0n) is 9.75. The lowest BCUT2D eigenvalue weighted by Gasteiger charge is -2.01. The standard InChI is InChI=1S/C14H10INO3/c15-12-4-2-1-3-9(12)8-16-10-5-6-13(17)11(7-10)14(18)19/h1-8,17H,(H,18,19). The minimum Gasteiger partial charge on any atom is -0.507 e. The van der Waals surface area contributed by atoms with Crippen molar-refractivity contribution >= 4 is 40.5 Å². The molecule has 0 aliphatic heterocycles. The van der Waals surface area contributed by atoms with Crippen LogP contribution in [0, 0.1) is 3.57 Å². The first-order chi connectivity index (χ1) is 9.08. The monoisotopic (exact) mass is 367 g/mol. The first kappa shape index (κ1) is 13.5. The Kier molecular flexibility index (Phi) is 4.16. The third-order valence-corrected chi connectivity index (χ3v) is 3.45. The number of carboxylic acids is 1. The van der Waals surface area contributed by atoms with E-state index in [0.717, 1.165) is 9.13 Å². The van der Waals surface area contributed by atoms with Crippen LogP contribution in [0.5, 0.6) is 5.75 Å². The largest absolute Gasteiger partial charge is 0.507 e. The summed E-state index contributed by atoms with van der Waals surface area (Å²) in [6.45, 7) is 0. The Morgan fingerprint density at radius 3 is 2.63 bits per heavy atom. The molecule has 0 bridgehead atoms. The molecular formula is C14H10INO3. The number of carbonyl (C=O) groups is 1. The molecule has 2 N–H and O–H groups in total. The van der Waals surface area contributed by atoms with E-state index in [9.17, 15) is 9.90 Å². The highest BCUT2D eigenvalue weighted by Crippen LogP contribution is 2.23. The van der Waals surface area contributed by atoms with E-state index in [1.807, 2.05) is 24.3 Å². The average molecular weight is 367 g/mol. The fourth-order valence-electron chi connectivity index (χ4n) is 1.50. The van der Waals surface area contributed by atoms with Crippen LogP contribution in [-0.4, -0.2) is 22.4 Å². The molecule has 2 aromatic rings. The van der Waals surface area contributed by atoms with Gasteiger partial charge in [0, 0.05) is 15.3 Å². The third-order valence-electron chi connectivity index (χ3n) is 2.47. The number of aromatic hydroxyl groups is 1. The maximum absolute atomic E-state index is 10.9.